The summed E-state index contributed by atoms with van der Waals surface area (Å²) in [6.45, 7) is 3.80. The molecule has 0 saturated heterocycles. The van der Waals surface area contributed by atoms with Crippen molar-refractivity contribution in [3.05, 3.63) is 113 Å². The average Bonchev–Trinajstić information content (AvgIpc) is 3.52. The Morgan fingerprint density at radius 3 is 2.18 bits per heavy atom. The molecule has 0 unspecified atom stereocenters. The average molecular weight is 508 g/mol. The second kappa shape index (κ2) is 10.1. The van der Waals surface area contributed by atoms with Crippen LogP contribution in [-0.4, -0.2) is 27.9 Å². The number of H-pyrrole nitrogens is 1. The second-order valence-corrected chi connectivity index (χ2v) is 9.19. The highest BCUT2D eigenvalue weighted by Gasteiger charge is 2.26. The lowest BCUT2D eigenvalue weighted by atomic mass is 9.94. The van der Waals surface area contributed by atoms with Gasteiger partial charge in [0.2, 0.25) is 0 Å². The fourth-order valence-corrected chi connectivity index (χ4v) is 4.03. The number of nitrogens with one attached hydrogen (secondary N) is 4. The summed E-state index contributed by atoms with van der Waals surface area (Å²) < 4.78 is 5.78. The molecule has 0 aliphatic carbocycles. The molecule has 38 heavy (non-hydrogen) atoms. The van der Waals surface area contributed by atoms with E-state index in [1.807, 2.05) is 50.2 Å². The van der Waals surface area contributed by atoms with E-state index in [4.69, 9.17) is 4.42 Å². The lowest BCUT2D eigenvalue weighted by Crippen LogP contribution is -2.40. The van der Waals surface area contributed by atoms with E-state index in [9.17, 15) is 14.4 Å². The van der Waals surface area contributed by atoms with Crippen LogP contribution in [0.15, 0.2) is 95.4 Å². The standard InChI is InChI=1S/C29H25N5O4/c1-29(2,19-13-7-4-8-14-19)32-28(37)23-17-22-24(38-23)25(34-33-22)31-27(36)20-15-9-10-16-21(20)30-26(35)18-11-5-3-6-12-18/h3-17H,1-2H3,(H,30,35)(H,32,37)(H2,31,33,34,36). The van der Waals surface area contributed by atoms with E-state index in [1.165, 1.54) is 6.07 Å². The minimum absolute atomic E-state index is 0.0729. The van der Waals surface area contributed by atoms with Gasteiger partial charge in [0.1, 0.15) is 5.52 Å². The predicted molar refractivity (Wildman–Crippen MR) is 144 cm³/mol. The minimum atomic E-state index is -0.637. The van der Waals surface area contributed by atoms with Crippen molar-refractivity contribution in [1.82, 2.24) is 15.5 Å². The Bertz CT molecular complexity index is 1620. The van der Waals surface area contributed by atoms with E-state index in [2.05, 4.69) is 26.1 Å². The van der Waals surface area contributed by atoms with Gasteiger partial charge in [-0.25, -0.2) is 0 Å². The predicted octanol–water partition coefficient (Wildman–Crippen LogP) is 5.33. The first-order valence-electron chi connectivity index (χ1n) is 11.9. The van der Waals surface area contributed by atoms with Crippen LogP contribution in [0.1, 0.15) is 50.7 Å². The number of aromatic amines is 1. The van der Waals surface area contributed by atoms with E-state index >= 15 is 0 Å². The molecule has 0 bridgehead atoms. The third-order valence-electron chi connectivity index (χ3n) is 6.07. The number of amides is 3. The molecule has 3 amide bonds. The Morgan fingerprint density at radius 1 is 0.789 bits per heavy atom. The Kier molecular flexibility index (Phi) is 6.49. The molecule has 9 heteroatoms. The summed E-state index contributed by atoms with van der Waals surface area (Å²) in [6.07, 6.45) is 0. The van der Waals surface area contributed by atoms with Crippen LogP contribution in [0.25, 0.3) is 11.1 Å². The number of nitrogens with zero attached hydrogens (tertiary/aromatic N) is 1. The highest BCUT2D eigenvalue weighted by molar-refractivity contribution is 6.13. The maximum absolute atomic E-state index is 13.1. The highest BCUT2D eigenvalue weighted by Crippen LogP contribution is 2.27. The smallest absolute Gasteiger partial charge is 0.287 e. The number of hydrogen-bond donors (Lipinski definition) is 4. The van der Waals surface area contributed by atoms with Crippen molar-refractivity contribution in [3.63, 3.8) is 0 Å². The Morgan fingerprint density at radius 2 is 1.45 bits per heavy atom. The molecule has 0 atom stereocenters. The number of carbonyl (C=O) groups excluding carboxylic acids is 3. The normalized spacial score (nSPS) is 11.2. The molecule has 3 aromatic carbocycles. The van der Waals surface area contributed by atoms with Crippen molar-refractivity contribution < 1.29 is 18.8 Å². The van der Waals surface area contributed by atoms with Gasteiger partial charge < -0.3 is 20.4 Å². The molecule has 0 fully saturated rings. The monoisotopic (exact) mass is 507 g/mol. The number of rotatable bonds is 7. The van der Waals surface area contributed by atoms with E-state index < -0.39 is 17.4 Å². The zero-order valence-electron chi connectivity index (χ0n) is 20.7. The molecule has 4 N–H and O–H groups in total. The Labute approximate surface area is 218 Å². The second-order valence-electron chi connectivity index (χ2n) is 9.19. The summed E-state index contributed by atoms with van der Waals surface area (Å²) >= 11 is 0. The Balaban J connectivity index is 1.33. The number of para-hydroxylation sites is 1. The van der Waals surface area contributed by atoms with Crippen LogP contribution in [0.3, 0.4) is 0 Å². The van der Waals surface area contributed by atoms with E-state index in [-0.39, 0.29) is 28.6 Å². The van der Waals surface area contributed by atoms with Gasteiger partial charge in [-0.3, -0.25) is 19.5 Å². The lowest BCUT2D eigenvalue weighted by molar-refractivity contribution is 0.0885. The van der Waals surface area contributed by atoms with Crippen LogP contribution < -0.4 is 16.0 Å². The zero-order valence-corrected chi connectivity index (χ0v) is 20.7. The third-order valence-corrected chi connectivity index (χ3v) is 6.07. The van der Waals surface area contributed by atoms with Gasteiger partial charge in [0, 0.05) is 11.6 Å². The number of benzene rings is 3. The van der Waals surface area contributed by atoms with Crippen molar-refractivity contribution in [1.29, 1.82) is 0 Å². The fourth-order valence-electron chi connectivity index (χ4n) is 4.03. The van der Waals surface area contributed by atoms with E-state index in [1.54, 1.807) is 48.5 Å². The molecule has 2 aromatic heterocycles. The molecule has 5 rings (SSSR count). The quantitative estimate of drug-likeness (QED) is 0.237. The van der Waals surface area contributed by atoms with Crippen molar-refractivity contribution in [3.8, 4) is 0 Å². The number of anilines is 2. The van der Waals surface area contributed by atoms with Crippen LogP contribution in [0.5, 0.6) is 0 Å². The van der Waals surface area contributed by atoms with Gasteiger partial charge in [0.15, 0.2) is 17.2 Å². The third kappa shape index (κ3) is 5.03. The lowest BCUT2D eigenvalue weighted by Gasteiger charge is -2.26. The van der Waals surface area contributed by atoms with Gasteiger partial charge in [-0.2, -0.15) is 5.10 Å². The van der Waals surface area contributed by atoms with Crippen LogP contribution in [0.2, 0.25) is 0 Å². The number of aromatic nitrogens is 2. The molecular weight excluding hydrogens is 482 g/mol. The van der Waals surface area contributed by atoms with Crippen LogP contribution >= 0.6 is 0 Å². The topological polar surface area (TPSA) is 129 Å². The molecule has 0 aliphatic rings. The summed E-state index contributed by atoms with van der Waals surface area (Å²) in [5.74, 6) is -1.06. The van der Waals surface area contributed by atoms with Crippen LogP contribution in [-0.2, 0) is 5.54 Å². The molecular formula is C29H25N5O4. The maximum atomic E-state index is 13.1. The summed E-state index contributed by atoms with van der Waals surface area (Å²) in [7, 11) is 0. The first-order valence-corrected chi connectivity index (χ1v) is 11.9. The number of carbonyl (C=O) groups is 3. The fraction of sp³-hybridized carbons (Fsp3) is 0.103. The minimum Gasteiger partial charge on any atom is -0.445 e. The van der Waals surface area contributed by atoms with Gasteiger partial charge in [0.05, 0.1) is 16.8 Å². The molecule has 0 saturated carbocycles. The van der Waals surface area contributed by atoms with Crippen molar-refractivity contribution in [2.24, 2.45) is 0 Å². The van der Waals surface area contributed by atoms with Gasteiger partial charge in [-0.05, 0) is 43.7 Å². The molecule has 2 heterocycles. The van der Waals surface area contributed by atoms with Gasteiger partial charge in [-0.1, -0.05) is 60.7 Å². The van der Waals surface area contributed by atoms with Gasteiger partial charge in [-0.15, -0.1) is 0 Å². The molecule has 190 valence electrons. The SMILES string of the molecule is CC(C)(NC(=O)c1cc2[nH]nc(NC(=O)c3ccccc3NC(=O)c3ccccc3)c2o1)c1ccccc1. The zero-order chi connectivity index (χ0) is 26.7. The van der Waals surface area contributed by atoms with Crippen molar-refractivity contribution in [2.45, 2.75) is 19.4 Å². The van der Waals surface area contributed by atoms with Gasteiger partial charge in [0.25, 0.3) is 17.7 Å². The van der Waals surface area contributed by atoms with E-state index in [0.29, 0.717) is 16.8 Å². The largest absolute Gasteiger partial charge is 0.445 e. The number of furan rings is 1. The van der Waals surface area contributed by atoms with Crippen LogP contribution in [0.4, 0.5) is 11.5 Å². The Hall–Kier alpha value is -5.18. The number of fused-ring (bicyclic) bond motifs is 1. The van der Waals surface area contributed by atoms with Crippen LogP contribution in [0, 0.1) is 0 Å². The maximum Gasteiger partial charge on any atom is 0.287 e. The summed E-state index contributed by atoms with van der Waals surface area (Å²) in [5, 5.41) is 15.3. The molecule has 0 aliphatic heterocycles. The van der Waals surface area contributed by atoms with Crippen molar-refractivity contribution >= 4 is 40.3 Å². The number of hydrogen-bond acceptors (Lipinski definition) is 5. The summed E-state index contributed by atoms with van der Waals surface area (Å²) in [6, 6.07) is 26.5. The van der Waals surface area contributed by atoms with Crippen molar-refractivity contribution in [2.75, 3.05) is 10.6 Å². The van der Waals surface area contributed by atoms with Gasteiger partial charge >= 0.3 is 0 Å². The van der Waals surface area contributed by atoms with E-state index in [0.717, 1.165) is 5.56 Å². The molecule has 5 aromatic rings. The first-order chi connectivity index (χ1) is 18.3. The first kappa shape index (κ1) is 24.5. The summed E-state index contributed by atoms with van der Waals surface area (Å²) in [4.78, 5) is 38.7. The molecule has 0 spiro atoms. The molecule has 0 radical (unpaired) electrons. The molecule has 9 nitrogen and oxygen atoms in total. The highest BCUT2D eigenvalue weighted by atomic mass is 16.3. The summed E-state index contributed by atoms with van der Waals surface area (Å²) in [5.41, 5.74) is 2.03.